The summed E-state index contributed by atoms with van der Waals surface area (Å²) in [4.78, 5) is 16.4. The molecular formula is C12H23N3O2. The Balaban J connectivity index is 1.89. The molecule has 1 N–H and O–H groups in total. The Hall–Kier alpha value is -0.650. The van der Waals surface area contributed by atoms with E-state index in [1.807, 2.05) is 11.9 Å². The molecule has 1 amide bonds. The predicted octanol–water partition coefficient (Wildman–Crippen LogP) is -0.473. The van der Waals surface area contributed by atoms with E-state index in [9.17, 15) is 4.79 Å². The first-order chi connectivity index (χ1) is 8.18. The number of nitrogens with one attached hydrogen (secondary N) is 1. The summed E-state index contributed by atoms with van der Waals surface area (Å²) < 4.78 is 5.51. The monoisotopic (exact) mass is 241 g/mol. The quantitative estimate of drug-likeness (QED) is 0.710. The first-order valence-electron chi connectivity index (χ1n) is 6.46. The van der Waals surface area contributed by atoms with Gasteiger partial charge in [0.1, 0.15) is 6.10 Å². The highest BCUT2D eigenvalue weighted by molar-refractivity contribution is 5.81. The molecule has 2 saturated heterocycles. The van der Waals surface area contributed by atoms with E-state index in [-0.39, 0.29) is 12.0 Å². The number of morpholine rings is 1. The predicted molar refractivity (Wildman–Crippen MR) is 65.9 cm³/mol. The molecule has 0 bridgehead atoms. The van der Waals surface area contributed by atoms with Crippen LogP contribution in [-0.2, 0) is 9.53 Å². The number of hydrogen-bond donors (Lipinski definition) is 1. The van der Waals surface area contributed by atoms with Crippen molar-refractivity contribution in [3.05, 3.63) is 0 Å². The van der Waals surface area contributed by atoms with Crippen LogP contribution in [0.2, 0.25) is 0 Å². The molecule has 2 unspecified atom stereocenters. The van der Waals surface area contributed by atoms with Gasteiger partial charge < -0.3 is 19.9 Å². The minimum atomic E-state index is -0.291. The highest BCUT2D eigenvalue weighted by Gasteiger charge is 2.30. The first-order valence-corrected chi connectivity index (χ1v) is 6.46. The summed E-state index contributed by atoms with van der Waals surface area (Å²) in [6.07, 6.45) is 1.98. The van der Waals surface area contributed by atoms with E-state index in [2.05, 4.69) is 17.3 Å². The number of nitrogens with zero attached hydrogens (tertiary/aromatic N) is 2. The van der Waals surface area contributed by atoms with Crippen LogP contribution >= 0.6 is 0 Å². The van der Waals surface area contributed by atoms with E-state index < -0.39 is 0 Å². The molecule has 2 rings (SSSR count). The van der Waals surface area contributed by atoms with Crippen molar-refractivity contribution in [1.29, 1.82) is 0 Å². The number of likely N-dealkylation sites (tertiary alicyclic amines) is 1. The van der Waals surface area contributed by atoms with Gasteiger partial charge >= 0.3 is 0 Å². The van der Waals surface area contributed by atoms with E-state index in [0.717, 1.165) is 26.1 Å². The lowest BCUT2D eigenvalue weighted by Crippen LogP contribution is -2.54. The Bertz CT molecular complexity index is 266. The Kier molecular flexibility index (Phi) is 4.36. The Morgan fingerprint density at radius 1 is 1.53 bits per heavy atom. The third kappa shape index (κ3) is 3.18. The fourth-order valence-electron chi connectivity index (χ4n) is 2.59. The smallest absolute Gasteiger partial charge is 0.253 e. The van der Waals surface area contributed by atoms with Gasteiger partial charge in [0.25, 0.3) is 5.91 Å². The van der Waals surface area contributed by atoms with Gasteiger partial charge in [-0.3, -0.25) is 4.79 Å². The minimum absolute atomic E-state index is 0.123. The Morgan fingerprint density at radius 2 is 2.35 bits per heavy atom. The topological polar surface area (TPSA) is 44.8 Å². The van der Waals surface area contributed by atoms with Crippen LogP contribution in [0.15, 0.2) is 0 Å². The Morgan fingerprint density at radius 3 is 3.00 bits per heavy atom. The third-order valence-corrected chi connectivity index (χ3v) is 3.70. The van der Waals surface area contributed by atoms with Crippen molar-refractivity contribution >= 4 is 5.91 Å². The molecule has 0 saturated carbocycles. The van der Waals surface area contributed by atoms with Crippen LogP contribution in [0.4, 0.5) is 0 Å². The van der Waals surface area contributed by atoms with Crippen molar-refractivity contribution in [2.24, 2.45) is 0 Å². The summed E-state index contributed by atoms with van der Waals surface area (Å²) in [5, 5.41) is 3.20. The second-order valence-corrected chi connectivity index (χ2v) is 5.07. The lowest BCUT2D eigenvalue weighted by Gasteiger charge is -2.37. The lowest BCUT2D eigenvalue weighted by molar-refractivity contribution is -0.146. The molecule has 2 fully saturated rings. The van der Waals surface area contributed by atoms with Gasteiger partial charge in [0.15, 0.2) is 0 Å². The zero-order valence-corrected chi connectivity index (χ0v) is 10.8. The highest BCUT2D eigenvalue weighted by atomic mass is 16.5. The second kappa shape index (κ2) is 5.80. The molecule has 2 aliphatic rings. The van der Waals surface area contributed by atoms with Gasteiger partial charge in [0.05, 0.1) is 6.61 Å². The number of ether oxygens (including phenoxy) is 1. The van der Waals surface area contributed by atoms with Crippen LogP contribution in [0.3, 0.4) is 0 Å². The summed E-state index contributed by atoms with van der Waals surface area (Å²) >= 11 is 0. The molecule has 17 heavy (non-hydrogen) atoms. The van der Waals surface area contributed by atoms with Crippen LogP contribution in [-0.4, -0.2) is 74.7 Å². The maximum absolute atomic E-state index is 12.2. The molecule has 0 radical (unpaired) electrons. The van der Waals surface area contributed by atoms with Crippen molar-refractivity contribution in [2.75, 3.05) is 46.9 Å². The zero-order valence-electron chi connectivity index (χ0n) is 10.8. The lowest BCUT2D eigenvalue weighted by atomic mass is 10.0. The van der Waals surface area contributed by atoms with E-state index >= 15 is 0 Å². The van der Waals surface area contributed by atoms with E-state index in [1.54, 1.807) is 0 Å². The molecular weight excluding hydrogens is 218 g/mol. The van der Waals surface area contributed by atoms with Crippen LogP contribution in [0, 0.1) is 0 Å². The SMILES string of the molecule is CN1CCCC(N(C)C(=O)C2CNCCO2)C1. The van der Waals surface area contributed by atoms with Crippen molar-refractivity contribution in [3.8, 4) is 0 Å². The van der Waals surface area contributed by atoms with Crippen molar-refractivity contribution in [3.63, 3.8) is 0 Å². The maximum Gasteiger partial charge on any atom is 0.253 e. The van der Waals surface area contributed by atoms with Gasteiger partial charge in [-0.1, -0.05) is 0 Å². The average Bonchev–Trinajstić information content (AvgIpc) is 2.38. The van der Waals surface area contributed by atoms with Gasteiger partial charge in [0.2, 0.25) is 0 Å². The van der Waals surface area contributed by atoms with E-state index in [4.69, 9.17) is 4.74 Å². The van der Waals surface area contributed by atoms with Crippen LogP contribution in [0.5, 0.6) is 0 Å². The highest BCUT2D eigenvalue weighted by Crippen LogP contribution is 2.15. The number of hydrogen-bond acceptors (Lipinski definition) is 4. The number of piperidine rings is 1. The summed E-state index contributed by atoms with van der Waals surface area (Å²) in [5.74, 6) is 0.123. The Labute approximate surface area is 103 Å². The fraction of sp³-hybridized carbons (Fsp3) is 0.917. The molecule has 0 aromatic rings. The van der Waals surface area contributed by atoms with Crippen LogP contribution in [0.1, 0.15) is 12.8 Å². The molecule has 0 spiro atoms. The number of amides is 1. The van der Waals surface area contributed by atoms with Crippen LogP contribution in [0.25, 0.3) is 0 Å². The first kappa shape index (κ1) is 12.8. The second-order valence-electron chi connectivity index (χ2n) is 5.07. The maximum atomic E-state index is 12.2. The average molecular weight is 241 g/mol. The number of carbonyl (C=O) groups is 1. The molecule has 2 aliphatic heterocycles. The number of rotatable bonds is 2. The molecule has 2 heterocycles. The van der Waals surface area contributed by atoms with Crippen molar-refractivity contribution < 1.29 is 9.53 Å². The minimum Gasteiger partial charge on any atom is -0.366 e. The summed E-state index contributed by atoms with van der Waals surface area (Å²) in [7, 11) is 4.02. The van der Waals surface area contributed by atoms with Crippen molar-refractivity contribution in [1.82, 2.24) is 15.1 Å². The van der Waals surface area contributed by atoms with Crippen LogP contribution < -0.4 is 5.32 Å². The van der Waals surface area contributed by atoms with E-state index in [0.29, 0.717) is 19.2 Å². The molecule has 0 aromatic heterocycles. The molecule has 5 heteroatoms. The zero-order chi connectivity index (χ0) is 12.3. The molecule has 0 aliphatic carbocycles. The van der Waals surface area contributed by atoms with Gasteiger partial charge in [-0.15, -0.1) is 0 Å². The standard InChI is InChI=1S/C12H23N3O2/c1-14-6-3-4-10(9-14)15(2)12(16)11-8-13-5-7-17-11/h10-11,13H,3-9H2,1-2H3. The van der Waals surface area contributed by atoms with Gasteiger partial charge in [0, 0.05) is 32.7 Å². The summed E-state index contributed by atoms with van der Waals surface area (Å²) in [5.41, 5.74) is 0. The molecule has 5 nitrogen and oxygen atoms in total. The van der Waals surface area contributed by atoms with Gasteiger partial charge in [-0.05, 0) is 26.4 Å². The number of likely N-dealkylation sites (N-methyl/N-ethyl adjacent to an activating group) is 2. The third-order valence-electron chi connectivity index (χ3n) is 3.70. The number of carbonyl (C=O) groups excluding carboxylic acids is 1. The van der Waals surface area contributed by atoms with Gasteiger partial charge in [-0.2, -0.15) is 0 Å². The van der Waals surface area contributed by atoms with E-state index in [1.165, 1.54) is 6.42 Å². The fourth-order valence-corrected chi connectivity index (χ4v) is 2.59. The van der Waals surface area contributed by atoms with Gasteiger partial charge in [-0.25, -0.2) is 0 Å². The summed E-state index contributed by atoms with van der Waals surface area (Å²) in [6, 6.07) is 0.340. The largest absolute Gasteiger partial charge is 0.366 e. The molecule has 0 aromatic carbocycles. The van der Waals surface area contributed by atoms with Crippen molar-refractivity contribution in [2.45, 2.75) is 25.0 Å². The normalized spacial score (nSPS) is 31.2. The summed E-state index contributed by atoms with van der Waals surface area (Å²) in [6.45, 7) is 4.24. The molecule has 2 atom stereocenters. The molecule has 98 valence electrons.